The summed E-state index contributed by atoms with van der Waals surface area (Å²) in [5, 5.41) is 0. The van der Waals surface area contributed by atoms with Crippen LogP contribution in [0.25, 0.3) is 0 Å². The topological polar surface area (TPSA) is 36.9 Å². The van der Waals surface area contributed by atoms with Crippen molar-refractivity contribution in [3.63, 3.8) is 0 Å². The van der Waals surface area contributed by atoms with E-state index in [2.05, 4.69) is 27.7 Å². The molecule has 0 aliphatic heterocycles. The zero-order valence-electron chi connectivity index (χ0n) is 22.2. The summed E-state index contributed by atoms with van der Waals surface area (Å²) < 4.78 is 23.9. The van der Waals surface area contributed by atoms with Crippen molar-refractivity contribution in [2.45, 2.75) is 143 Å². The molecule has 0 rings (SSSR count). The lowest BCUT2D eigenvalue weighted by atomic mass is 10.1. The van der Waals surface area contributed by atoms with Crippen molar-refractivity contribution in [1.29, 1.82) is 0 Å². The average molecular weight is 457 g/mol. The first-order chi connectivity index (χ1) is 15.8. The fourth-order valence-electron chi connectivity index (χ4n) is 3.50. The normalized spacial score (nSPS) is 12.0. The number of hydrogen-bond donors (Lipinski definition) is 0. The fraction of sp³-hybridized carbons (Fsp3) is 0.929. The maximum atomic E-state index is 6.22. The summed E-state index contributed by atoms with van der Waals surface area (Å²) in [5.41, 5.74) is 0. The monoisotopic (exact) mass is 456 g/mol. The van der Waals surface area contributed by atoms with Crippen LogP contribution in [0, 0.1) is 0 Å². The lowest BCUT2D eigenvalue weighted by Gasteiger charge is -2.18. The number of hydrogen-bond acceptors (Lipinski definition) is 4. The Morgan fingerprint density at radius 1 is 0.438 bits per heavy atom. The zero-order valence-corrected chi connectivity index (χ0v) is 22.2. The van der Waals surface area contributed by atoms with E-state index in [9.17, 15) is 0 Å². The molecule has 0 amide bonds. The second kappa shape index (κ2) is 26.4. The second-order valence-corrected chi connectivity index (χ2v) is 8.92. The van der Waals surface area contributed by atoms with Gasteiger partial charge in [-0.3, -0.25) is 0 Å². The molecule has 0 N–H and O–H groups in total. The van der Waals surface area contributed by atoms with Crippen molar-refractivity contribution >= 4 is 0 Å². The Balaban J connectivity index is 4.70. The Morgan fingerprint density at radius 3 is 1.53 bits per heavy atom. The molecule has 0 saturated heterocycles. The molecule has 4 heteroatoms. The van der Waals surface area contributed by atoms with Crippen LogP contribution in [-0.4, -0.2) is 26.6 Å². The maximum Gasteiger partial charge on any atom is 0.321 e. The Bertz CT molecular complexity index is 395. The van der Waals surface area contributed by atoms with Gasteiger partial charge < -0.3 is 18.9 Å². The first-order valence-electron chi connectivity index (χ1n) is 14.0. The van der Waals surface area contributed by atoms with Gasteiger partial charge in [0.25, 0.3) is 0 Å². The van der Waals surface area contributed by atoms with Crippen LogP contribution in [0.2, 0.25) is 0 Å². The first-order valence-corrected chi connectivity index (χ1v) is 14.0. The minimum absolute atomic E-state index is 0.240. The summed E-state index contributed by atoms with van der Waals surface area (Å²) in [6, 6.07) is 0. The smallest absolute Gasteiger partial charge is 0.321 e. The van der Waals surface area contributed by atoms with Crippen molar-refractivity contribution in [3.05, 3.63) is 11.7 Å². The number of rotatable bonds is 26. The van der Waals surface area contributed by atoms with Gasteiger partial charge in [0.05, 0.1) is 19.8 Å². The Morgan fingerprint density at radius 2 is 0.938 bits per heavy atom. The maximum absolute atomic E-state index is 6.22. The molecular weight excluding hydrogens is 400 g/mol. The van der Waals surface area contributed by atoms with E-state index < -0.39 is 0 Å². The second-order valence-electron chi connectivity index (χ2n) is 8.92. The summed E-state index contributed by atoms with van der Waals surface area (Å²) in [6.07, 6.45) is 21.6. The Labute approximate surface area is 200 Å². The highest BCUT2D eigenvalue weighted by Crippen LogP contribution is 2.19. The van der Waals surface area contributed by atoms with Crippen LogP contribution in [0.15, 0.2) is 11.7 Å². The van der Waals surface area contributed by atoms with Crippen molar-refractivity contribution in [3.8, 4) is 0 Å². The van der Waals surface area contributed by atoms with E-state index in [0.717, 1.165) is 57.5 Å². The van der Waals surface area contributed by atoms with Crippen LogP contribution in [0.4, 0.5) is 0 Å². The van der Waals surface area contributed by atoms with E-state index in [1.165, 1.54) is 77.0 Å². The van der Waals surface area contributed by atoms with Gasteiger partial charge in [-0.05, 0) is 25.7 Å². The first kappa shape index (κ1) is 31.1. The highest BCUT2D eigenvalue weighted by molar-refractivity contribution is 4.95. The molecule has 32 heavy (non-hydrogen) atoms. The molecule has 0 aliphatic carbocycles. The van der Waals surface area contributed by atoms with Crippen LogP contribution in [0.1, 0.15) is 143 Å². The van der Waals surface area contributed by atoms with E-state index in [-0.39, 0.29) is 6.79 Å². The summed E-state index contributed by atoms with van der Waals surface area (Å²) in [5.74, 6) is 1.45. The summed E-state index contributed by atoms with van der Waals surface area (Å²) >= 11 is 0. The molecule has 0 unspecified atom stereocenters. The van der Waals surface area contributed by atoms with Gasteiger partial charge in [0, 0.05) is 6.42 Å². The number of unbranched alkanes of at least 4 members (excludes halogenated alkanes) is 13. The average Bonchev–Trinajstić information content (AvgIpc) is 2.80. The summed E-state index contributed by atoms with van der Waals surface area (Å²) in [6.45, 7) is 11.3. The van der Waals surface area contributed by atoms with Crippen LogP contribution >= 0.6 is 0 Å². The third kappa shape index (κ3) is 21.0. The Hall–Kier alpha value is -0.900. The largest absolute Gasteiger partial charge is 0.491 e. The van der Waals surface area contributed by atoms with E-state index in [1.807, 2.05) is 0 Å². The molecule has 192 valence electrons. The van der Waals surface area contributed by atoms with E-state index in [1.54, 1.807) is 0 Å². The van der Waals surface area contributed by atoms with Gasteiger partial charge in [-0.2, -0.15) is 0 Å². The molecule has 0 bridgehead atoms. The molecule has 0 aromatic heterocycles. The van der Waals surface area contributed by atoms with Crippen molar-refractivity contribution in [2.75, 3.05) is 26.6 Å². The SMILES string of the molecule is CCCCCCCCOC(CCCCC)=C(OCCCCCCCC)OCOCCCC. The minimum Gasteiger partial charge on any atom is -0.491 e. The van der Waals surface area contributed by atoms with Gasteiger partial charge in [-0.15, -0.1) is 0 Å². The Kier molecular flexibility index (Phi) is 25.6. The van der Waals surface area contributed by atoms with Gasteiger partial charge in [0.2, 0.25) is 0 Å². The third-order valence-electron chi connectivity index (χ3n) is 5.66. The lowest BCUT2D eigenvalue weighted by Crippen LogP contribution is -2.10. The quantitative estimate of drug-likeness (QED) is 0.0738. The van der Waals surface area contributed by atoms with Gasteiger partial charge >= 0.3 is 5.95 Å². The van der Waals surface area contributed by atoms with Gasteiger partial charge in [0.1, 0.15) is 0 Å². The molecule has 0 saturated carbocycles. The van der Waals surface area contributed by atoms with Crippen molar-refractivity contribution in [1.82, 2.24) is 0 Å². The van der Waals surface area contributed by atoms with Crippen LogP contribution in [0.3, 0.4) is 0 Å². The molecule has 4 nitrogen and oxygen atoms in total. The van der Waals surface area contributed by atoms with Crippen molar-refractivity contribution in [2.24, 2.45) is 0 Å². The van der Waals surface area contributed by atoms with E-state index in [4.69, 9.17) is 18.9 Å². The molecule has 0 heterocycles. The molecule has 0 aromatic carbocycles. The number of ether oxygens (including phenoxy) is 4. The van der Waals surface area contributed by atoms with E-state index in [0.29, 0.717) is 12.6 Å². The zero-order chi connectivity index (χ0) is 23.5. The van der Waals surface area contributed by atoms with Gasteiger partial charge in [-0.25, -0.2) is 0 Å². The van der Waals surface area contributed by atoms with Crippen molar-refractivity contribution < 1.29 is 18.9 Å². The standard InChI is InChI=1S/C28H56O4/c1-5-9-13-15-17-20-24-30-27(22-19-11-7-3)28(32-26-29-23-12-8-4)31-25-21-18-16-14-10-6-2/h5-26H2,1-4H3. The predicted octanol–water partition coefficient (Wildman–Crippen LogP) is 9.28. The predicted molar refractivity (Wildman–Crippen MR) is 137 cm³/mol. The molecule has 0 aromatic rings. The van der Waals surface area contributed by atoms with Gasteiger partial charge in [-0.1, -0.05) is 111 Å². The van der Waals surface area contributed by atoms with Gasteiger partial charge in [0.15, 0.2) is 12.6 Å². The lowest BCUT2D eigenvalue weighted by molar-refractivity contribution is -0.0844. The third-order valence-corrected chi connectivity index (χ3v) is 5.66. The molecule has 0 aliphatic rings. The van der Waals surface area contributed by atoms with Crippen LogP contribution in [0.5, 0.6) is 0 Å². The highest BCUT2D eigenvalue weighted by Gasteiger charge is 2.13. The highest BCUT2D eigenvalue weighted by atomic mass is 16.7. The molecule has 0 atom stereocenters. The van der Waals surface area contributed by atoms with E-state index >= 15 is 0 Å². The molecule has 0 fully saturated rings. The molecular formula is C28H56O4. The molecule has 0 spiro atoms. The van der Waals surface area contributed by atoms with Crippen LogP contribution in [-0.2, 0) is 18.9 Å². The van der Waals surface area contributed by atoms with Crippen LogP contribution < -0.4 is 0 Å². The number of allylic oxidation sites excluding steroid dienone is 1. The molecule has 0 radical (unpaired) electrons. The summed E-state index contributed by atoms with van der Waals surface area (Å²) in [7, 11) is 0. The minimum atomic E-state index is 0.240. The summed E-state index contributed by atoms with van der Waals surface area (Å²) in [4.78, 5) is 0. The fourth-order valence-corrected chi connectivity index (χ4v) is 3.50.